The minimum Gasteiger partial charge on any atom is -0.336 e. The first-order valence-electron chi connectivity index (χ1n) is 5.10. The van der Waals surface area contributed by atoms with Gasteiger partial charge in [-0.3, -0.25) is 10.1 Å². The molecule has 0 radical (unpaired) electrons. The van der Waals surface area contributed by atoms with E-state index in [-0.39, 0.29) is 23.7 Å². The van der Waals surface area contributed by atoms with Crippen LogP contribution in [0.4, 0.5) is 4.79 Å². The fraction of sp³-hybridized carbons (Fsp3) is 0.800. The van der Waals surface area contributed by atoms with Crippen molar-refractivity contribution >= 4 is 23.5 Å². The largest absolute Gasteiger partial charge is 0.336 e. The number of likely N-dealkylation sites (N-methyl/N-ethyl adjacent to an activating group) is 1. The lowest BCUT2D eigenvalue weighted by Crippen LogP contribution is -2.51. The predicted molar refractivity (Wildman–Crippen MR) is 64.6 cm³/mol. The van der Waals surface area contributed by atoms with Gasteiger partial charge in [0.2, 0.25) is 5.91 Å². The number of nitrogens with zero attached hydrogens (tertiary/aromatic N) is 1. The lowest BCUT2D eigenvalue weighted by Gasteiger charge is -2.32. The van der Waals surface area contributed by atoms with E-state index in [2.05, 4.69) is 10.6 Å². The summed E-state index contributed by atoms with van der Waals surface area (Å²) in [6, 6.07) is -0.481. The minimum atomic E-state index is -0.481. The summed E-state index contributed by atoms with van der Waals surface area (Å²) in [6.07, 6.45) is 0.145. The maximum atomic E-state index is 11.3. The van der Waals surface area contributed by atoms with Crippen molar-refractivity contribution in [2.75, 3.05) is 26.5 Å². The van der Waals surface area contributed by atoms with Crippen LogP contribution < -0.4 is 10.6 Å². The predicted octanol–water partition coefficient (Wildman–Crippen LogP) is 0.781. The second-order valence-electron chi connectivity index (χ2n) is 4.38. The number of hydrogen-bond donors (Lipinski definition) is 2. The third kappa shape index (κ3) is 5.92. The molecule has 0 saturated heterocycles. The van der Waals surface area contributed by atoms with E-state index in [0.29, 0.717) is 6.54 Å². The highest BCUT2D eigenvalue weighted by atomic mass is 35.5. The lowest BCUT2D eigenvalue weighted by atomic mass is 10.1. The summed E-state index contributed by atoms with van der Waals surface area (Å²) >= 11 is 5.37. The summed E-state index contributed by atoms with van der Waals surface area (Å²) in [5, 5.41) is 4.84. The quantitative estimate of drug-likeness (QED) is 0.708. The molecule has 0 aliphatic carbocycles. The summed E-state index contributed by atoms with van der Waals surface area (Å²) < 4.78 is 0. The van der Waals surface area contributed by atoms with E-state index < -0.39 is 6.03 Å². The van der Waals surface area contributed by atoms with Gasteiger partial charge in [-0.25, -0.2) is 4.79 Å². The molecule has 0 heterocycles. The van der Waals surface area contributed by atoms with Gasteiger partial charge in [0.1, 0.15) is 0 Å². The average Bonchev–Trinajstić information content (AvgIpc) is 2.15. The molecule has 3 amide bonds. The Kier molecular flexibility index (Phi) is 6.36. The zero-order chi connectivity index (χ0) is 12.8. The van der Waals surface area contributed by atoms with E-state index in [9.17, 15) is 9.59 Å². The van der Waals surface area contributed by atoms with Gasteiger partial charge in [0, 0.05) is 24.4 Å². The van der Waals surface area contributed by atoms with Crippen molar-refractivity contribution in [3.63, 3.8) is 0 Å². The molecule has 0 unspecified atom stereocenters. The smallest absolute Gasteiger partial charge is 0.321 e. The molecule has 0 fully saturated rings. The van der Waals surface area contributed by atoms with Crippen LogP contribution in [0.1, 0.15) is 20.3 Å². The number of alkyl halides is 1. The van der Waals surface area contributed by atoms with Crippen LogP contribution in [0.2, 0.25) is 0 Å². The second kappa shape index (κ2) is 6.70. The third-order valence-electron chi connectivity index (χ3n) is 2.47. The van der Waals surface area contributed by atoms with Crippen molar-refractivity contribution < 1.29 is 9.59 Å². The van der Waals surface area contributed by atoms with Crippen molar-refractivity contribution in [1.29, 1.82) is 0 Å². The molecular weight excluding hydrogens is 230 g/mol. The molecule has 0 aromatic carbocycles. The molecule has 0 atom stereocenters. The Balaban J connectivity index is 3.94. The maximum absolute atomic E-state index is 11.3. The monoisotopic (exact) mass is 249 g/mol. The minimum absolute atomic E-state index is 0.145. The zero-order valence-electron chi connectivity index (χ0n) is 10.3. The third-order valence-corrected chi connectivity index (χ3v) is 2.66. The molecule has 94 valence electrons. The van der Waals surface area contributed by atoms with Crippen molar-refractivity contribution in [2.45, 2.75) is 25.8 Å². The van der Waals surface area contributed by atoms with Crippen LogP contribution in [0, 0.1) is 0 Å². The summed E-state index contributed by atoms with van der Waals surface area (Å²) in [5.74, 6) is -0.155. The Morgan fingerprint density at radius 3 is 2.31 bits per heavy atom. The number of amides is 3. The number of carbonyl (C=O) groups is 2. The molecule has 6 heteroatoms. The first-order chi connectivity index (χ1) is 7.29. The SMILES string of the molecule is CN(C)C(C)(C)CNC(=O)NC(=O)CCCl. The van der Waals surface area contributed by atoms with E-state index in [1.54, 1.807) is 0 Å². The molecule has 0 aromatic rings. The Hall–Kier alpha value is -0.810. The van der Waals surface area contributed by atoms with Gasteiger partial charge in [-0.2, -0.15) is 0 Å². The van der Waals surface area contributed by atoms with Crippen LogP contribution in [-0.4, -0.2) is 48.9 Å². The highest BCUT2D eigenvalue weighted by molar-refractivity contribution is 6.19. The van der Waals surface area contributed by atoms with Crippen LogP contribution in [0.15, 0.2) is 0 Å². The summed E-state index contributed by atoms with van der Waals surface area (Å²) in [6.45, 7) is 4.45. The Labute approximate surface area is 102 Å². The number of halogens is 1. The van der Waals surface area contributed by atoms with Gasteiger partial charge in [0.05, 0.1) is 0 Å². The van der Waals surface area contributed by atoms with Crippen LogP contribution in [0.25, 0.3) is 0 Å². The normalized spacial score (nSPS) is 11.4. The molecule has 0 rings (SSSR count). The molecule has 2 N–H and O–H groups in total. The van der Waals surface area contributed by atoms with Gasteiger partial charge in [-0.1, -0.05) is 0 Å². The highest BCUT2D eigenvalue weighted by Crippen LogP contribution is 2.07. The molecular formula is C10H20ClN3O2. The summed E-state index contributed by atoms with van der Waals surface area (Å²) in [4.78, 5) is 24.3. The number of carbonyl (C=O) groups excluding carboxylic acids is 2. The van der Waals surface area contributed by atoms with Gasteiger partial charge >= 0.3 is 6.03 Å². The average molecular weight is 250 g/mol. The maximum Gasteiger partial charge on any atom is 0.321 e. The van der Waals surface area contributed by atoms with Gasteiger partial charge in [0.15, 0.2) is 0 Å². The fourth-order valence-electron chi connectivity index (χ4n) is 0.774. The number of urea groups is 1. The van der Waals surface area contributed by atoms with Crippen LogP contribution in [-0.2, 0) is 4.79 Å². The first kappa shape index (κ1) is 15.2. The Bertz CT molecular complexity index is 254. The molecule has 0 aliphatic rings. The topological polar surface area (TPSA) is 61.4 Å². The molecule has 0 aliphatic heterocycles. The molecule has 0 bridgehead atoms. The van der Waals surface area contributed by atoms with E-state index in [1.165, 1.54) is 0 Å². The van der Waals surface area contributed by atoms with Crippen LogP contribution >= 0.6 is 11.6 Å². The Morgan fingerprint density at radius 2 is 1.88 bits per heavy atom. The van der Waals surface area contributed by atoms with Gasteiger partial charge in [0.25, 0.3) is 0 Å². The van der Waals surface area contributed by atoms with E-state index >= 15 is 0 Å². The van der Waals surface area contributed by atoms with Crippen molar-refractivity contribution in [1.82, 2.24) is 15.5 Å². The summed E-state index contributed by atoms with van der Waals surface area (Å²) in [5.41, 5.74) is -0.160. The number of nitrogens with one attached hydrogen (secondary N) is 2. The molecule has 16 heavy (non-hydrogen) atoms. The summed E-state index contributed by atoms with van der Waals surface area (Å²) in [7, 11) is 3.86. The van der Waals surface area contributed by atoms with Crippen molar-refractivity contribution in [3.05, 3.63) is 0 Å². The van der Waals surface area contributed by atoms with Crippen LogP contribution in [0.5, 0.6) is 0 Å². The molecule has 0 spiro atoms. The van der Waals surface area contributed by atoms with Gasteiger partial charge in [-0.05, 0) is 27.9 Å². The molecule has 0 aromatic heterocycles. The lowest BCUT2D eigenvalue weighted by molar-refractivity contribution is -0.119. The van der Waals surface area contributed by atoms with E-state index in [4.69, 9.17) is 11.6 Å². The standard InChI is InChI=1S/C10H20ClN3O2/c1-10(2,14(3)4)7-12-9(16)13-8(15)5-6-11/h5-7H2,1-4H3,(H2,12,13,15,16). The van der Waals surface area contributed by atoms with Gasteiger partial charge in [-0.15, -0.1) is 11.6 Å². The Morgan fingerprint density at radius 1 is 1.31 bits per heavy atom. The number of imide groups is 1. The van der Waals surface area contributed by atoms with Crippen molar-refractivity contribution in [3.8, 4) is 0 Å². The van der Waals surface area contributed by atoms with Crippen molar-refractivity contribution in [2.24, 2.45) is 0 Å². The van der Waals surface area contributed by atoms with E-state index in [1.807, 2.05) is 32.8 Å². The highest BCUT2D eigenvalue weighted by Gasteiger charge is 2.21. The second-order valence-corrected chi connectivity index (χ2v) is 4.75. The van der Waals surface area contributed by atoms with Crippen LogP contribution in [0.3, 0.4) is 0 Å². The fourth-order valence-corrected chi connectivity index (χ4v) is 0.945. The zero-order valence-corrected chi connectivity index (χ0v) is 11.0. The number of hydrogen-bond acceptors (Lipinski definition) is 3. The molecule has 0 saturated carbocycles. The van der Waals surface area contributed by atoms with Gasteiger partial charge < -0.3 is 10.2 Å². The first-order valence-corrected chi connectivity index (χ1v) is 5.64. The van der Waals surface area contributed by atoms with E-state index in [0.717, 1.165) is 0 Å². The number of rotatable bonds is 5. The molecule has 5 nitrogen and oxygen atoms in total.